The number of pyridine rings is 2. The van der Waals surface area contributed by atoms with Gasteiger partial charge in [-0.15, -0.1) is 0 Å². The summed E-state index contributed by atoms with van der Waals surface area (Å²) in [6.07, 6.45) is 8.72. The summed E-state index contributed by atoms with van der Waals surface area (Å²) < 4.78 is 32.4. The number of hydrogen-bond donors (Lipinski definition) is 3. The summed E-state index contributed by atoms with van der Waals surface area (Å²) >= 11 is 0.948. The van der Waals surface area contributed by atoms with Crippen LogP contribution in [0.5, 0.6) is 0 Å². The maximum absolute atomic E-state index is 15.3. The number of benzene rings is 1. The van der Waals surface area contributed by atoms with Gasteiger partial charge in [0.15, 0.2) is 16.5 Å². The molecule has 0 radical (unpaired) electrons. The first-order valence-corrected chi connectivity index (χ1v) is 10.9. The second kappa shape index (κ2) is 9.48. The Morgan fingerprint density at radius 1 is 1.21 bits per heavy atom. The number of nitrogens with zero attached hydrogens (tertiary/aromatic N) is 5. The smallest absolute Gasteiger partial charge is 0.171 e. The number of rotatable bonds is 5. The van der Waals surface area contributed by atoms with Gasteiger partial charge in [0.25, 0.3) is 0 Å². The molecule has 0 fully saturated rings. The van der Waals surface area contributed by atoms with Crippen molar-refractivity contribution >= 4 is 40.3 Å². The lowest BCUT2D eigenvalue weighted by Crippen LogP contribution is -2.28. The predicted octanol–water partition coefficient (Wildman–Crippen LogP) is 4.20. The molecule has 8 nitrogen and oxygen atoms in total. The van der Waals surface area contributed by atoms with Crippen LogP contribution in [0.2, 0.25) is 0 Å². The van der Waals surface area contributed by atoms with Crippen LogP contribution in [0.3, 0.4) is 0 Å². The van der Waals surface area contributed by atoms with Crippen LogP contribution >= 0.6 is 11.8 Å². The van der Waals surface area contributed by atoms with Crippen molar-refractivity contribution in [2.45, 2.75) is 10.8 Å². The molecule has 0 spiro atoms. The van der Waals surface area contributed by atoms with Crippen LogP contribution in [0, 0.1) is 27.9 Å². The highest BCUT2D eigenvalue weighted by molar-refractivity contribution is 8.13. The van der Waals surface area contributed by atoms with E-state index in [1.54, 1.807) is 49.4 Å². The van der Waals surface area contributed by atoms with Crippen molar-refractivity contribution in [1.82, 2.24) is 19.3 Å². The van der Waals surface area contributed by atoms with E-state index in [9.17, 15) is 4.39 Å². The van der Waals surface area contributed by atoms with E-state index in [-0.39, 0.29) is 10.6 Å². The third-order valence-electron chi connectivity index (χ3n) is 5.14. The van der Waals surface area contributed by atoms with Gasteiger partial charge in [-0.1, -0.05) is 11.8 Å². The van der Waals surface area contributed by atoms with Crippen molar-refractivity contribution in [1.29, 1.82) is 16.2 Å². The molecule has 0 amide bonds. The molecule has 11 heteroatoms. The molecule has 0 aliphatic heterocycles. The highest BCUT2D eigenvalue weighted by Crippen LogP contribution is 2.30. The van der Waals surface area contributed by atoms with Crippen molar-refractivity contribution in [2.75, 3.05) is 7.05 Å². The van der Waals surface area contributed by atoms with Gasteiger partial charge >= 0.3 is 0 Å². The van der Waals surface area contributed by atoms with E-state index in [1.807, 2.05) is 0 Å². The van der Waals surface area contributed by atoms with Crippen molar-refractivity contribution in [2.24, 2.45) is 12.0 Å². The summed E-state index contributed by atoms with van der Waals surface area (Å²) in [4.78, 5) is 8.74. The van der Waals surface area contributed by atoms with Gasteiger partial charge in [0.1, 0.15) is 5.82 Å². The summed E-state index contributed by atoms with van der Waals surface area (Å²) in [5.41, 5.74) is 1.25. The van der Waals surface area contributed by atoms with E-state index in [4.69, 9.17) is 16.2 Å². The van der Waals surface area contributed by atoms with E-state index in [0.29, 0.717) is 27.1 Å². The number of nitrogens with one attached hydrogen (secondary N) is 3. The van der Waals surface area contributed by atoms with E-state index in [2.05, 4.69) is 15.1 Å². The lowest BCUT2D eigenvalue weighted by atomic mass is 10.0. The Morgan fingerprint density at radius 2 is 2.00 bits per heavy atom. The van der Waals surface area contributed by atoms with Gasteiger partial charge < -0.3 is 5.41 Å². The highest BCUT2D eigenvalue weighted by atomic mass is 32.2. The maximum atomic E-state index is 15.3. The molecule has 4 aromatic rings. The first-order valence-electron chi connectivity index (χ1n) is 10.1. The second-order valence-corrected chi connectivity index (χ2v) is 8.48. The molecule has 0 bridgehead atoms. The molecule has 3 heterocycles. The SMILES string of the molecule is CN=CC(C=N)c1cc(F)c(=N)n(C(=N)Sc2ccc3ncc(-c4cnn(C)c4)c(F)c3c2)c1. The number of halogens is 2. The maximum Gasteiger partial charge on any atom is 0.171 e. The van der Waals surface area contributed by atoms with Crippen LogP contribution < -0.4 is 5.49 Å². The fraction of sp³-hybridized carbons (Fsp3) is 0.130. The van der Waals surface area contributed by atoms with Gasteiger partial charge in [-0.2, -0.15) is 5.10 Å². The van der Waals surface area contributed by atoms with E-state index < -0.39 is 23.0 Å². The molecule has 3 N–H and O–H groups in total. The van der Waals surface area contributed by atoms with E-state index in [0.717, 1.165) is 28.6 Å². The fourth-order valence-electron chi connectivity index (χ4n) is 3.43. The monoisotopic (exact) mass is 478 g/mol. The summed E-state index contributed by atoms with van der Waals surface area (Å²) in [6, 6.07) is 6.07. The minimum absolute atomic E-state index is 0.154. The molecule has 1 aromatic carbocycles. The molecule has 1 atom stereocenters. The average molecular weight is 479 g/mol. The third-order valence-corrected chi connectivity index (χ3v) is 6.02. The lowest BCUT2D eigenvalue weighted by Gasteiger charge is -2.14. The quantitative estimate of drug-likeness (QED) is 0.226. The zero-order chi connectivity index (χ0) is 24.4. The van der Waals surface area contributed by atoms with Crippen LogP contribution in [-0.2, 0) is 7.05 Å². The Bertz CT molecular complexity index is 1500. The number of aryl methyl sites for hydroxylation is 1. The summed E-state index contributed by atoms with van der Waals surface area (Å²) in [5.74, 6) is -1.87. The van der Waals surface area contributed by atoms with Crippen LogP contribution in [-0.4, -0.2) is 44.0 Å². The molecule has 0 aliphatic carbocycles. The number of aromatic nitrogens is 4. The van der Waals surface area contributed by atoms with Crippen molar-refractivity contribution in [3.05, 3.63) is 71.7 Å². The summed E-state index contributed by atoms with van der Waals surface area (Å²) in [6.45, 7) is 0. The molecule has 3 aromatic heterocycles. The third kappa shape index (κ3) is 4.42. The second-order valence-electron chi connectivity index (χ2n) is 7.41. The molecule has 0 saturated carbocycles. The molecule has 1 unspecified atom stereocenters. The van der Waals surface area contributed by atoms with Gasteiger partial charge in [-0.3, -0.25) is 30.0 Å². The molecule has 172 valence electrons. The van der Waals surface area contributed by atoms with Gasteiger partial charge in [0, 0.05) is 66.5 Å². The molecule has 0 saturated heterocycles. The van der Waals surface area contributed by atoms with E-state index >= 15 is 4.39 Å². The Kier molecular flexibility index (Phi) is 6.46. The predicted molar refractivity (Wildman–Crippen MR) is 129 cm³/mol. The van der Waals surface area contributed by atoms with Gasteiger partial charge in [-0.25, -0.2) is 8.78 Å². The first kappa shape index (κ1) is 23.2. The number of fused-ring (bicyclic) bond motifs is 1. The molecular weight excluding hydrogens is 458 g/mol. The highest BCUT2D eigenvalue weighted by Gasteiger charge is 2.16. The Morgan fingerprint density at radius 3 is 2.68 bits per heavy atom. The van der Waals surface area contributed by atoms with Crippen molar-refractivity contribution < 1.29 is 8.78 Å². The van der Waals surface area contributed by atoms with E-state index in [1.165, 1.54) is 18.6 Å². The summed E-state index contributed by atoms with van der Waals surface area (Å²) in [7, 11) is 3.29. The molecular formula is C23H20F2N8S. The number of thioether (sulfide) groups is 1. The topological polar surface area (TPSA) is 120 Å². The fourth-order valence-corrected chi connectivity index (χ4v) is 4.21. The summed E-state index contributed by atoms with van der Waals surface area (Å²) in [5, 5.41) is 28.3. The normalized spacial score (nSPS) is 12.4. The van der Waals surface area contributed by atoms with Crippen LogP contribution in [0.1, 0.15) is 11.5 Å². The standard InChI is InChI=1S/C23H20F2N8S/c1-29-8-14(7-26)13-5-19(24)22(27)33(12-13)23(28)34-16-3-4-20-17(6-16)21(25)18(10-30-20)15-9-31-32(2)11-15/h3-12,14,26-28H,1-2H3. The van der Waals surface area contributed by atoms with Crippen molar-refractivity contribution in [3.63, 3.8) is 0 Å². The van der Waals surface area contributed by atoms with Gasteiger partial charge in [-0.05, 0) is 29.8 Å². The zero-order valence-corrected chi connectivity index (χ0v) is 19.1. The molecule has 0 aliphatic rings. The van der Waals surface area contributed by atoms with Crippen molar-refractivity contribution in [3.8, 4) is 11.1 Å². The number of hydrogen-bond acceptors (Lipinski definition) is 7. The Labute approximate surface area is 197 Å². The van der Waals surface area contributed by atoms with Gasteiger partial charge in [0.05, 0.1) is 17.6 Å². The molecule has 4 rings (SSSR count). The van der Waals surface area contributed by atoms with Crippen LogP contribution in [0.15, 0.2) is 58.9 Å². The minimum atomic E-state index is -0.825. The molecule has 34 heavy (non-hydrogen) atoms. The zero-order valence-electron chi connectivity index (χ0n) is 18.3. The first-order chi connectivity index (χ1) is 16.3. The average Bonchev–Trinajstić information content (AvgIpc) is 3.25. The lowest BCUT2D eigenvalue weighted by molar-refractivity contribution is 0.588. The van der Waals surface area contributed by atoms with Gasteiger partial charge in [0.2, 0.25) is 0 Å². The largest absolute Gasteiger partial charge is 0.312 e. The Hall–Kier alpha value is -3.99. The minimum Gasteiger partial charge on any atom is -0.312 e. The van der Waals surface area contributed by atoms with Crippen LogP contribution in [0.25, 0.3) is 22.0 Å². The Balaban J connectivity index is 1.71. The van der Waals surface area contributed by atoms with Crippen LogP contribution in [0.4, 0.5) is 8.78 Å². The number of aliphatic imine (C=N–C) groups is 1.